The molecule has 0 aliphatic heterocycles. The average Bonchev–Trinajstić information content (AvgIpc) is 2.89. The molecule has 0 unspecified atom stereocenters. The first kappa shape index (κ1) is 17.0. The van der Waals surface area contributed by atoms with Crippen LogP contribution in [0, 0.1) is 0 Å². The van der Waals surface area contributed by atoms with Gasteiger partial charge in [-0.05, 0) is 19.4 Å². The van der Waals surface area contributed by atoms with Crippen molar-refractivity contribution in [1.82, 2.24) is 19.8 Å². The highest BCUT2D eigenvalue weighted by Gasteiger charge is 2.22. The van der Waals surface area contributed by atoms with Gasteiger partial charge in [-0.1, -0.05) is 30.3 Å². The molecule has 2 N–H and O–H groups in total. The number of hydrogen-bond acceptors (Lipinski definition) is 3. The van der Waals surface area contributed by atoms with Gasteiger partial charge in [0.2, 0.25) is 0 Å². The standard InChI is InChI=1S/C17H24N4O2/c1-17(2,23)13-21(12-14-7-5-4-6-8-14)16(22)19-11-15-18-9-10-20(15)3/h4-10,23H,11-13H2,1-3H3,(H,19,22). The van der Waals surface area contributed by atoms with E-state index in [0.717, 1.165) is 11.4 Å². The number of hydrogen-bond donors (Lipinski definition) is 2. The Morgan fingerprint density at radius 1 is 1.35 bits per heavy atom. The number of aliphatic hydroxyl groups is 1. The van der Waals surface area contributed by atoms with Crippen LogP contribution in [0.15, 0.2) is 42.7 Å². The van der Waals surface area contributed by atoms with Gasteiger partial charge in [-0.25, -0.2) is 9.78 Å². The zero-order valence-corrected chi connectivity index (χ0v) is 13.9. The summed E-state index contributed by atoms with van der Waals surface area (Å²) in [6.07, 6.45) is 3.53. The Kier molecular flexibility index (Phi) is 5.39. The number of imidazole rings is 1. The molecule has 6 nitrogen and oxygen atoms in total. The molecule has 0 bridgehead atoms. The second-order valence-electron chi connectivity index (χ2n) is 6.27. The van der Waals surface area contributed by atoms with Gasteiger partial charge >= 0.3 is 6.03 Å². The van der Waals surface area contributed by atoms with Gasteiger partial charge in [-0.15, -0.1) is 0 Å². The molecule has 2 aromatic rings. The van der Waals surface area contributed by atoms with Gasteiger partial charge in [0.25, 0.3) is 0 Å². The Hall–Kier alpha value is -2.34. The summed E-state index contributed by atoms with van der Waals surface area (Å²) in [4.78, 5) is 18.3. The highest BCUT2D eigenvalue weighted by molar-refractivity contribution is 5.74. The van der Waals surface area contributed by atoms with Crippen LogP contribution >= 0.6 is 0 Å². The minimum absolute atomic E-state index is 0.223. The SMILES string of the molecule is Cn1ccnc1CNC(=O)N(Cc1ccccc1)CC(C)(C)O. The number of benzene rings is 1. The fourth-order valence-electron chi connectivity index (χ4n) is 2.30. The lowest BCUT2D eigenvalue weighted by Gasteiger charge is -2.29. The third kappa shape index (κ3) is 5.41. The van der Waals surface area contributed by atoms with Crippen LogP contribution in [0.4, 0.5) is 4.79 Å². The predicted molar refractivity (Wildman–Crippen MR) is 88.6 cm³/mol. The number of urea groups is 1. The molecule has 2 amide bonds. The summed E-state index contributed by atoms with van der Waals surface area (Å²) in [5.74, 6) is 0.779. The lowest BCUT2D eigenvalue weighted by Crippen LogP contribution is -2.46. The van der Waals surface area contributed by atoms with Crippen LogP contribution < -0.4 is 5.32 Å². The molecular weight excluding hydrogens is 292 g/mol. The fourth-order valence-corrected chi connectivity index (χ4v) is 2.30. The van der Waals surface area contributed by atoms with Gasteiger partial charge in [-0.2, -0.15) is 0 Å². The Balaban J connectivity index is 2.03. The minimum Gasteiger partial charge on any atom is -0.389 e. The molecule has 6 heteroatoms. The zero-order chi connectivity index (χ0) is 16.9. The maximum Gasteiger partial charge on any atom is 0.318 e. The van der Waals surface area contributed by atoms with E-state index in [0.29, 0.717) is 13.1 Å². The Morgan fingerprint density at radius 3 is 2.61 bits per heavy atom. The largest absolute Gasteiger partial charge is 0.389 e. The van der Waals surface area contributed by atoms with Crippen LogP contribution in [0.3, 0.4) is 0 Å². The van der Waals surface area contributed by atoms with Crippen molar-refractivity contribution in [2.24, 2.45) is 7.05 Å². The van der Waals surface area contributed by atoms with E-state index in [1.54, 1.807) is 24.9 Å². The molecule has 0 saturated carbocycles. The van der Waals surface area contributed by atoms with Crippen LogP contribution in [0.5, 0.6) is 0 Å². The molecular formula is C17H24N4O2. The van der Waals surface area contributed by atoms with Gasteiger partial charge in [0.15, 0.2) is 0 Å². The number of amides is 2. The molecule has 1 aromatic carbocycles. The van der Waals surface area contributed by atoms with E-state index in [4.69, 9.17) is 0 Å². The highest BCUT2D eigenvalue weighted by atomic mass is 16.3. The van der Waals surface area contributed by atoms with E-state index in [1.165, 1.54) is 0 Å². The molecule has 0 saturated heterocycles. The number of aromatic nitrogens is 2. The molecule has 124 valence electrons. The summed E-state index contributed by atoms with van der Waals surface area (Å²) in [6, 6.07) is 9.50. The molecule has 1 aromatic heterocycles. The van der Waals surface area contributed by atoms with Crippen LogP contribution in [0.25, 0.3) is 0 Å². The van der Waals surface area contributed by atoms with Crippen molar-refractivity contribution in [1.29, 1.82) is 0 Å². The molecule has 0 fully saturated rings. The summed E-state index contributed by atoms with van der Waals surface area (Å²) >= 11 is 0. The normalized spacial score (nSPS) is 11.3. The first-order chi connectivity index (χ1) is 10.8. The maximum absolute atomic E-state index is 12.5. The zero-order valence-electron chi connectivity index (χ0n) is 13.9. The smallest absolute Gasteiger partial charge is 0.318 e. The van der Waals surface area contributed by atoms with E-state index < -0.39 is 5.60 Å². The highest BCUT2D eigenvalue weighted by Crippen LogP contribution is 2.10. The number of carbonyl (C=O) groups excluding carboxylic acids is 1. The van der Waals surface area contributed by atoms with Crippen LogP contribution in [-0.4, -0.2) is 37.7 Å². The third-order valence-electron chi connectivity index (χ3n) is 3.40. The first-order valence-electron chi connectivity index (χ1n) is 7.60. The molecule has 0 aliphatic carbocycles. The monoisotopic (exact) mass is 316 g/mol. The minimum atomic E-state index is -0.963. The molecule has 23 heavy (non-hydrogen) atoms. The number of nitrogens with one attached hydrogen (secondary N) is 1. The number of rotatable bonds is 6. The third-order valence-corrected chi connectivity index (χ3v) is 3.40. The Bertz CT molecular complexity index is 632. The van der Waals surface area contributed by atoms with E-state index in [9.17, 15) is 9.90 Å². The number of carbonyl (C=O) groups is 1. The summed E-state index contributed by atoms with van der Waals surface area (Å²) < 4.78 is 1.86. The van der Waals surface area contributed by atoms with Crippen molar-refractivity contribution in [3.8, 4) is 0 Å². The second kappa shape index (κ2) is 7.28. The summed E-state index contributed by atoms with van der Waals surface area (Å²) in [5, 5.41) is 12.9. The van der Waals surface area contributed by atoms with E-state index in [1.807, 2.05) is 48.1 Å². The molecule has 0 aliphatic rings. The lowest BCUT2D eigenvalue weighted by atomic mass is 10.1. The van der Waals surface area contributed by atoms with Crippen molar-refractivity contribution in [2.75, 3.05) is 6.54 Å². The summed E-state index contributed by atoms with van der Waals surface area (Å²) in [7, 11) is 1.88. The Morgan fingerprint density at radius 2 is 2.04 bits per heavy atom. The van der Waals surface area contributed by atoms with Crippen molar-refractivity contribution in [3.05, 3.63) is 54.1 Å². The van der Waals surface area contributed by atoms with Gasteiger partial charge in [0, 0.05) is 26.0 Å². The molecule has 0 spiro atoms. The molecule has 1 heterocycles. The molecule has 0 atom stereocenters. The summed E-state index contributed by atoms with van der Waals surface area (Å²) in [6.45, 7) is 4.42. The van der Waals surface area contributed by atoms with Gasteiger partial charge < -0.3 is 19.9 Å². The van der Waals surface area contributed by atoms with E-state index in [-0.39, 0.29) is 12.6 Å². The van der Waals surface area contributed by atoms with Gasteiger partial charge in [0.1, 0.15) is 5.82 Å². The second-order valence-corrected chi connectivity index (χ2v) is 6.27. The van der Waals surface area contributed by atoms with Crippen LogP contribution in [0.2, 0.25) is 0 Å². The van der Waals surface area contributed by atoms with E-state index in [2.05, 4.69) is 10.3 Å². The number of nitrogens with zero attached hydrogens (tertiary/aromatic N) is 3. The summed E-state index contributed by atoms with van der Waals surface area (Å²) in [5.41, 5.74) is 0.0545. The molecule has 0 radical (unpaired) electrons. The lowest BCUT2D eigenvalue weighted by molar-refractivity contribution is 0.0446. The van der Waals surface area contributed by atoms with E-state index >= 15 is 0 Å². The quantitative estimate of drug-likeness (QED) is 0.855. The first-order valence-corrected chi connectivity index (χ1v) is 7.60. The topological polar surface area (TPSA) is 70.4 Å². The van der Waals surface area contributed by atoms with Crippen molar-refractivity contribution < 1.29 is 9.90 Å². The molecule has 2 rings (SSSR count). The fraction of sp³-hybridized carbons (Fsp3) is 0.412. The predicted octanol–water partition coefficient (Wildman–Crippen LogP) is 1.90. The van der Waals surface area contributed by atoms with Crippen molar-refractivity contribution in [2.45, 2.75) is 32.5 Å². The average molecular weight is 316 g/mol. The van der Waals surface area contributed by atoms with Crippen LogP contribution in [-0.2, 0) is 20.1 Å². The van der Waals surface area contributed by atoms with Gasteiger partial charge in [0.05, 0.1) is 18.7 Å². The van der Waals surface area contributed by atoms with Crippen LogP contribution in [0.1, 0.15) is 25.2 Å². The Labute approximate surface area is 136 Å². The number of aryl methyl sites for hydroxylation is 1. The van der Waals surface area contributed by atoms with Gasteiger partial charge in [-0.3, -0.25) is 0 Å². The van der Waals surface area contributed by atoms with Crippen molar-refractivity contribution in [3.63, 3.8) is 0 Å². The maximum atomic E-state index is 12.5. The van der Waals surface area contributed by atoms with Crippen molar-refractivity contribution >= 4 is 6.03 Å².